The Balaban J connectivity index is 1.73. The fourth-order valence-electron chi connectivity index (χ4n) is 4.21. The van der Waals surface area contributed by atoms with Crippen molar-refractivity contribution in [1.29, 1.82) is 0 Å². The average molecular weight is 408 g/mol. The van der Waals surface area contributed by atoms with Gasteiger partial charge >= 0.3 is 0 Å². The third-order valence-electron chi connectivity index (χ3n) is 5.83. The van der Waals surface area contributed by atoms with Crippen LogP contribution in [-0.4, -0.2) is 17.3 Å². The van der Waals surface area contributed by atoms with Crippen molar-refractivity contribution in [3.63, 3.8) is 0 Å². The number of rotatable bonds is 8. The van der Waals surface area contributed by atoms with Crippen LogP contribution >= 0.6 is 0 Å². The molecule has 0 saturated heterocycles. The van der Waals surface area contributed by atoms with Crippen LogP contribution in [0.25, 0.3) is 21.5 Å². The molecule has 0 N–H and O–H groups in total. The van der Waals surface area contributed by atoms with Crippen molar-refractivity contribution in [2.75, 3.05) is 0 Å². The number of benzene rings is 4. The van der Waals surface area contributed by atoms with Gasteiger partial charge in [0.1, 0.15) is 0 Å². The summed E-state index contributed by atoms with van der Waals surface area (Å²) in [6, 6.07) is 26.3. The summed E-state index contributed by atoms with van der Waals surface area (Å²) in [5, 5.41) is 3.52. The van der Waals surface area contributed by atoms with E-state index < -0.39 is 23.3 Å². The van der Waals surface area contributed by atoms with E-state index in [9.17, 15) is 14.4 Å². The SMILES string of the molecule is CCCCC(C(=O)C(=O)C(=O)c1cccc2ccccc12)c1cccc2ccccc12. The zero-order valence-corrected chi connectivity index (χ0v) is 17.5. The molecule has 3 heteroatoms. The molecule has 0 fully saturated rings. The van der Waals surface area contributed by atoms with E-state index in [0.29, 0.717) is 11.8 Å². The molecule has 0 bridgehead atoms. The molecular weight excluding hydrogens is 384 g/mol. The first-order valence-electron chi connectivity index (χ1n) is 10.7. The minimum atomic E-state index is -0.939. The second-order valence-electron chi connectivity index (χ2n) is 7.81. The van der Waals surface area contributed by atoms with E-state index in [2.05, 4.69) is 0 Å². The smallest absolute Gasteiger partial charge is 0.269 e. The fraction of sp³-hybridized carbons (Fsp3) is 0.179. The fourth-order valence-corrected chi connectivity index (χ4v) is 4.21. The summed E-state index contributed by atoms with van der Waals surface area (Å²) in [6.45, 7) is 2.05. The molecule has 0 radical (unpaired) electrons. The minimum absolute atomic E-state index is 0.281. The van der Waals surface area contributed by atoms with Crippen LogP contribution in [0.3, 0.4) is 0 Å². The van der Waals surface area contributed by atoms with Gasteiger partial charge in [0.15, 0.2) is 0 Å². The van der Waals surface area contributed by atoms with Crippen LogP contribution in [0.4, 0.5) is 0 Å². The molecule has 4 rings (SSSR count). The van der Waals surface area contributed by atoms with Crippen molar-refractivity contribution in [2.45, 2.75) is 32.1 Å². The van der Waals surface area contributed by atoms with Gasteiger partial charge in [-0.25, -0.2) is 0 Å². The highest BCUT2D eigenvalue weighted by Crippen LogP contribution is 2.31. The Hall–Kier alpha value is -3.59. The predicted molar refractivity (Wildman–Crippen MR) is 125 cm³/mol. The molecule has 31 heavy (non-hydrogen) atoms. The number of hydrogen-bond acceptors (Lipinski definition) is 3. The highest BCUT2D eigenvalue weighted by Gasteiger charge is 2.32. The van der Waals surface area contributed by atoms with Gasteiger partial charge in [0.2, 0.25) is 11.6 Å². The van der Waals surface area contributed by atoms with Crippen LogP contribution in [0.1, 0.15) is 48.0 Å². The Kier molecular flexibility index (Phi) is 6.03. The number of hydrogen-bond donors (Lipinski definition) is 0. The lowest BCUT2D eigenvalue weighted by Gasteiger charge is -2.17. The number of unbranched alkanes of at least 4 members (excludes halogenated alkanes) is 1. The third-order valence-corrected chi connectivity index (χ3v) is 5.83. The zero-order chi connectivity index (χ0) is 21.8. The summed E-state index contributed by atoms with van der Waals surface area (Å²) in [5.41, 5.74) is 1.10. The van der Waals surface area contributed by atoms with Crippen LogP contribution in [0.15, 0.2) is 84.9 Å². The number of Topliss-reactive ketones (excluding diaryl/α,β-unsaturated/α-hetero) is 3. The number of ketones is 3. The maximum Gasteiger partial charge on any atom is 0.269 e. The predicted octanol–water partition coefficient (Wildman–Crippen LogP) is 6.29. The van der Waals surface area contributed by atoms with Gasteiger partial charge in [0.05, 0.1) is 5.92 Å². The topological polar surface area (TPSA) is 51.2 Å². The van der Waals surface area contributed by atoms with Crippen LogP contribution in [0.5, 0.6) is 0 Å². The van der Waals surface area contributed by atoms with Gasteiger partial charge in [-0.15, -0.1) is 0 Å². The molecule has 4 aromatic carbocycles. The average Bonchev–Trinajstić information content (AvgIpc) is 2.83. The monoisotopic (exact) mass is 408 g/mol. The first-order chi connectivity index (χ1) is 15.1. The van der Waals surface area contributed by atoms with E-state index in [1.807, 2.05) is 73.7 Å². The summed E-state index contributed by atoms with van der Waals surface area (Å²) in [5.74, 6) is -2.92. The standard InChI is InChI=1S/C28H24O3/c1-2-3-14-25(23-17-8-12-19-10-4-6-15-21(19)23)27(30)28(31)26(29)24-18-9-13-20-11-5-7-16-22(20)24/h4-13,15-18,25H,2-3,14H2,1H3. The second kappa shape index (κ2) is 9.05. The number of carbonyl (C=O) groups excluding carboxylic acids is 3. The zero-order valence-electron chi connectivity index (χ0n) is 17.5. The summed E-state index contributed by atoms with van der Waals surface area (Å²) in [6.07, 6.45) is 2.24. The van der Waals surface area contributed by atoms with E-state index >= 15 is 0 Å². The quantitative estimate of drug-likeness (QED) is 0.196. The lowest BCUT2D eigenvalue weighted by Crippen LogP contribution is -2.29. The Morgan fingerprint density at radius 2 is 1.29 bits per heavy atom. The highest BCUT2D eigenvalue weighted by molar-refractivity contribution is 6.68. The molecule has 0 aromatic heterocycles. The summed E-state index contributed by atoms with van der Waals surface area (Å²) >= 11 is 0. The van der Waals surface area contributed by atoms with Gasteiger partial charge < -0.3 is 0 Å². The molecule has 0 heterocycles. The van der Waals surface area contributed by atoms with Crippen molar-refractivity contribution in [3.05, 3.63) is 96.1 Å². The molecule has 3 nitrogen and oxygen atoms in total. The first kappa shape index (κ1) is 20.7. The summed E-state index contributed by atoms with van der Waals surface area (Å²) in [4.78, 5) is 39.6. The van der Waals surface area contributed by atoms with Crippen LogP contribution in [0, 0.1) is 0 Å². The Morgan fingerprint density at radius 3 is 2.00 bits per heavy atom. The van der Waals surface area contributed by atoms with Gasteiger partial charge in [-0.3, -0.25) is 14.4 Å². The molecule has 0 aliphatic heterocycles. The van der Waals surface area contributed by atoms with Crippen molar-refractivity contribution in [3.8, 4) is 0 Å². The van der Waals surface area contributed by atoms with E-state index in [1.54, 1.807) is 18.2 Å². The first-order valence-corrected chi connectivity index (χ1v) is 10.7. The van der Waals surface area contributed by atoms with Crippen molar-refractivity contribution < 1.29 is 14.4 Å². The largest absolute Gasteiger partial charge is 0.290 e. The van der Waals surface area contributed by atoms with Crippen molar-refractivity contribution >= 4 is 38.9 Å². The van der Waals surface area contributed by atoms with Crippen LogP contribution in [0.2, 0.25) is 0 Å². The molecule has 1 atom stereocenters. The number of fused-ring (bicyclic) bond motifs is 2. The summed E-state index contributed by atoms with van der Waals surface area (Å²) < 4.78 is 0. The molecule has 0 spiro atoms. The van der Waals surface area contributed by atoms with Crippen LogP contribution < -0.4 is 0 Å². The number of carbonyl (C=O) groups is 3. The Bertz CT molecular complexity index is 1280. The maximum atomic E-state index is 13.4. The molecule has 0 saturated carbocycles. The molecule has 1 unspecified atom stereocenters. The van der Waals surface area contributed by atoms with E-state index in [4.69, 9.17) is 0 Å². The minimum Gasteiger partial charge on any atom is -0.290 e. The van der Waals surface area contributed by atoms with Gasteiger partial charge in [-0.05, 0) is 33.5 Å². The van der Waals surface area contributed by atoms with Crippen LogP contribution in [-0.2, 0) is 9.59 Å². The second-order valence-corrected chi connectivity index (χ2v) is 7.81. The van der Waals surface area contributed by atoms with Crippen molar-refractivity contribution in [1.82, 2.24) is 0 Å². The van der Waals surface area contributed by atoms with E-state index in [0.717, 1.165) is 34.6 Å². The molecule has 0 aliphatic carbocycles. The lowest BCUT2D eigenvalue weighted by atomic mass is 9.83. The third kappa shape index (κ3) is 4.04. The van der Waals surface area contributed by atoms with Gasteiger partial charge in [0.25, 0.3) is 5.78 Å². The lowest BCUT2D eigenvalue weighted by molar-refractivity contribution is -0.134. The Labute approximate surface area is 181 Å². The van der Waals surface area contributed by atoms with Gasteiger partial charge in [-0.2, -0.15) is 0 Å². The van der Waals surface area contributed by atoms with Crippen molar-refractivity contribution in [2.24, 2.45) is 0 Å². The van der Waals surface area contributed by atoms with Gasteiger partial charge in [-0.1, -0.05) is 105 Å². The summed E-state index contributed by atoms with van der Waals surface area (Å²) in [7, 11) is 0. The molecule has 4 aromatic rings. The van der Waals surface area contributed by atoms with Gasteiger partial charge in [0, 0.05) is 5.56 Å². The molecular formula is C28H24O3. The molecule has 0 amide bonds. The highest BCUT2D eigenvalue weighted by atomic mass is 16.2. The van der Waals surface area contributed by atoms with E-state index in [-0.39, 0.29) is 5.56 Å². The van der Waals surface area contributed by atoms with E-state index in [1.165, 1.54) is 0 Å². The maximum absolute atomic E-state index is 13.4. The molecule has 0 aliphatic rings. The Morgan fingerprint density at radius 1 is 0.710 bits per heavy atom. The molecule has 154 valence electrons. The normalized spacial score (nSPS) is 12.0.